The molecule has 1 amide bonds. The molecule has 0 radical (unpaired) electrons. The van der Waals surface area contributed by atoms with Crippen molar-refractivity contribution in [3.63, 3.8) is 0 Å². The summed E-state index contributed by atoms with van der Waals surface area (Å²) in [5, 5.41) is 2.86. The summed E-state index contributed by atoms with van der Waals surface area (Å²) in [6.07, 6.45) is 0.301. The molecule has 0 spiro atoms. The minimum atomic E-state index is -0.300. The lowest BCUT2D eigenvalue weighted by atomic mass is 10.3. The van der Waals surface area contributed by atoms with E-state index >= 15 is 0 Å². The van der Waals surface area contributed by atoms with Crippen molar-refractivity contribution < 1.29 is 13.9 Å². The van der Waals surface area contributed by atoms with Crippen molar-refractivity contribution in [1.82, 2.24) is 10.2 Å². The number of nitrogens with zero attached hydrogens (tertiary/aromatic N) is 1. The van der Waals surface area contributed by atoms with Crippen molar-refractivity contribution in [3.8, 4) is 5.75 Å². The number of benzene rings is 1. The van der Waals surface area contributed by atoms with Crippen LogP contribution in [0.2, 0.25) is 0 Å². The van der Waals surface area contributed by atoms with Crippen LogP contribution < -0.4 is 10.1 Å². The van der Waals surface area contributed by atoms with Gasteiger partial charge in [0, 0.05) is 13.1 Å². The third kappa shape index (κ3) is 6.52. The number of carbonyl (C=O) groups excluding carboxylic acids is 1. The molecule has 0 aliphatic heterocycles. The fourth-order valence-corrected chi connectivity index (χ4v) is 1.77. The van der Waals surface area contributed by atoms with Crippen LogP contribution in [0.25, 0.3) is 0 Å². The Kier molecular flexibility index (Phi) is 7.65. The Labute approximate surface area is 119 Å². The molecule has 0 atom stereocenters. The summed E-state index contributed by atoms with van der Waals surface area (Å²) in [6, 6.07) is 5.76. The van der Waals surface area contributed by atoms with Gasteiger partial charge in [0.2, 0.25) is 5.91 Å². The van der Waals surface area contributed by atoms with Crippen molar-refractivity contribution in [3.05, 3.63) is 30.1 Å². The summed E-state index contributed by atoms with van der Waals surface area (Å²) in [5.74, 6) is 0.244. The van der Waals surface area contributed by atoms with E-state index in [0.29, 0.717) is 25.3 Å². The zero-order valence-corrected chi connectivity index (χ0v) is 12.2. The number of likely N-dealkylation sites (N-methyl/N-ethyl adjacent to an activating group) is 1. The molecule has 1 N–H and O–H groups in total. The summed E-state index contributed by atoms with van der Waals surface area (Å²) in [6.45, 7) is 7.97. The summed E-state index contributed by atoms with van der Waals surface area (Å²) in [4.78, 5) is 13.8. The summed E-state index contributed by atoms with van der Waals surface area (Å²) in [5.41, 5.74) is 0. The maximum absolute atomic E-state index is 12.7. The van der Waals surface area contributed by atoms with Crippen LogP contribution in [0.4, 0.5) is 4.39 Å². The zero-order valence-electron chi connectivity index (χ0n) is 12.2. The van der Waals surface area contributed by atoms with Crippen LogP contribution in [0.15, 0.2) is 24.3 Å². The van der Waals surface area contributed by atoms with E-state index in [1.54, 1.807) is 12.1 Å². The van der Waals surface area contributed by atoms with Gasteiger partial charge >= 0.3 is 0 Å². The third-order valence-electron chi connectivity index (χ3n) is 3.06. The first-order valence-electron chi connectivity index (χ1n) is 7.03. The highest BCUT2D eigenvalue weighted by Crippen LogP contribution is 2.10. The van der Waals surface area contributed by atoms with Gasteiger partial charge in [-0.15, -0.1) is 0 Å². The highest BCUT2D eigenvalue weighted by atomic mass is 19.1. The SMILES string of the molecule is CCN(CC)CCNC(=O)CCOc1ccc(F)cc1. The Balaban J connectivity index is 2.12. The molecule has 1 aromatic carbocycles. The Bertz CT molecular complexity index is 391. The van der Waals surface area contributed by atoms with E-state index in [9.17, 15) is 9.18 Å². The fraction of sp³-hybridized carbons (Fsp3) is 0.533. The zero-order chi connectivity index (χ0) is 14.8. The Morgan fingerprint density at radius 3 is 2.50 bits per heavy atom. The summed E-state index contributed by atoms with van der Waals surface area (Å²) in [7, 11) is 0. The molecule has 0 bridgehead atoms. The number of nitrogens with one attached hydrogen (secondary N) is 1. The molecule has 1 rings (SSSR count). The van der Waals surface area contributed by atoms with Gasteiger partial charge in [-0.25, -0.2) is 4.39 Å². The van der Waals surface area contributed by atoms with Crippen LogP contribution in [-0.4, -0.2) is 43.6 Å². The van der Waals surface area contributed by atoms with E-state index < -0.39 is 0 Å². The molecular formula is C15H23FN2O2. The highest BCUT2D eigenvalue weighted by molar-refractivity contribution is 5.75. The van der Waals surface area contributed by atoms with Crippen LogP contribution in [0.3, 0.4) is 0 Å². The Hall–Kier alpha value is -1.62. The van der Waals surface area contributed by atoms with E-state index in [2.05, 4.69) is 24.1 Å². The van der Waals surface area contributed by atoms with Crippen LogP contribution in [0.1, 0.15) is 20.3 Å². The summed E-state index contributed by atoms with van der Waals surface area (Å²) < 4.78 is 18.0. The number of hydrogen-bond donors (Lipinski definition) is 1. The second kappa shape index (κ2) is 9.31. The topological polar surface area (TPSA) is 41.6 Å². The number of halogens is 1. The largest absolute Gasteiger partial charge is 0.493 e. The normalized spacial score (nSPS) is 10.6. The van der Waals surface area contributed by atoms with Gasteiger partial charge in [0.05, 0.1) is 13.0 Å². The number of amides is 1. The minimum Gasteiger partial charge on any atom is -0.493 e. The monoisotopic (exact) mass is 282 g/mol. The Morgan fingerprint density at radius 2 is 1.90 bits per heavy atom. The predicted molar refractivity (Wildman–Crippen MR) is 77.3 cm³/mol. The molecule has 0 saturated carbocycles. The van der Waals surface area contributed by atoms with Crippen molar-refractivity contribution >= 4 is 5.91 Å². The van der Waals surface area contributed by atoms with Crippen molar-refractivity contribution in [2.75, 3.05) is 32.8 Å². The van der Waals surface area contributed by atoms with Gasteiger partial charge in [0.15, 0.2) is 0 Å². The number of hydrogen-bond acceptors (Lipinski definition) is 3. The molecule has 0 aliphatic rings. The average molecular weight is 282 g/mol. The van der Waals surface area contributed by atoms with Crippen molar-refractivity contribution in [2.24, 2.45) is 0 Å². The molecule has 0 aliphatic carbocycles. The van der Waals surface area contributed by atoms with Crippen LogP contribution >= 0.6 is 0 Å². The predicted octanol–water partition coefficient (Wildman–Crippen LogP) is 2.05. The van der Waals surface area contributed by atoms with Gasteiger partial charge in [0.25, 0.3) is 0 Å². The average Bonchev–Trinajstić information content (AvgIpc) is 2.46. The number of rotatable bonds is 9. The highest BCUT2D eigenvalue weighted by Gasteiger charge is 2.03. The quantitative estimate of drug-likeness (QED) is 0.754. The molecule has 1 aromatic rings. The molecule has 4 nitrogen and oxygen atoms in total. The van der Waals surface area contributed by atoms with Crippen molar-refractivity contribution in [2.45, 2.75) is 20.3 Å². The molecule has 0 aromatic heterocycles. The van der Waals surface area contributed by atoms with Gasteiger partial charge < -0.3 is 15.0 Å². The van der Waals surface area contributed by atoms with E-state index in [1.807, 2.05) is 0 Å². The standard InChI is InChI=1S/C15H23FN2O2/c1-3-18(4-2)11-10-17-15(19)9-12-20-14-7-5-13(16)6-8-14/h5-8H,3-4,9-12H2,1-2H3,(H,17,19). The summed E-state index contributed by atoms with van der Waals surface area (Å²) >= 11 is 0. The van der Waals surface area contributed by atoms with Crippen LogP contribution in [0, 0.1) is 5.82 Å². The fourth-order valence-electron chi connectivity index (χ4n) is 1.77. The van der Waals surface area contributed by atoms with Gasteiger partial charge in [-0.1, -0.05) is 13.8 Å². The second-order valence-electron chi connectivity index (χ2n) is 4.43. The van der Waals surface area contributed by atoms with Gasteiger partial charge in [-0.05, 0) is 37.4 Å². The van der Waals surface area contributed by atoms with E-state index in [-0.39, 0.29) is 11.7 Å². The first-order chi connectivity index (χ1) is 9.65. The van der Waals surface area contributed by atoms with E-state index in [4.69, 9.17) is 4.74 Å². The van der Waals surface area contributed by atoms with Crippen LogP contribution in [-0.2, 0) is 4.79 Å². The lowest BCUT2D eigenvalue weighted by Crippen LogP contribution is -2.35. The maximum Gasteiger partial charge on any atom is 0.223 e. The molecule has 0 fully saturated rings. The lowest BCUT2D eigenvalue weighted by molar-refractivity contribution is -0.121. The molecular weight excluding hydrogens is 259 g/mol. The smallest absolute Gasteiger partial charge is 0.223 e. The van der Waals surface area contributed by atoms with Crippen LogP contribution in [0.5, 0.6) is 5.75 Å². The maximum atomic E-state index is 12.7. The van der Waals surface area contributed by atoms with Gasteiger partial charge in [0.1, 0.15) is 11.6 Å². The minimum absolute atomic E-state index is 0.0285. The molecule has 112 valence electrons. The van der Waals surface area contributed by atoms with E-state index in [0.717, 1.165) is 19.6 Å². The molecule has 0 heterocycles. The number of ether oxygens (including phenoxy) is 1. The Morgan fingerprint density at radius 1 is 1.25 bits per heavy atom. The molecule has 5 heteroatoms. The number of carbonyl (C=O) groups is 1. The molecule has 20 heavy (non-hydrogen) atoms. The molecule has 0 unspecified atom stereocenters. The first-order valence-corrected chi connectivity index (χ1v) is 7.03. The molecule has 0 saturated heterocycles. The van der Waals surface area contributed by atoms with Crippen molar-refractivity contribution in [1.29, 1.82) is 0 Å². The van der Waals surface area contributed by atoms with Gasteiger partial charge in [-0.2, -0.15) is 0 Å². The van der Waals surface area contributed by atoms with Gasteiger partial charge in [-0.3, -0.25) is 4.79 Å². The third-order valence-corrected chi connectivity index (χ3v) is 3.06. The first kappa shape index (κ1) is 16.4. The van der Waals surface area contributed by atoms with E-state index in [1.165, 1.54) is 12.1 Å². The second-order valence-corrected chi connectivity index (χ2v) is 4.43. The lowest BCUT2D eigenvalue weighted by Gasteiger charge is -2.17.